The smallest absolute Gasteiger partial charge is 0.0875 e. The van der Waals surface area contributed by atoms with Crippen LogP contribution in [0.1, 0.15) is 0 Å². The Kier molecular flexibility index (Phi) is 25.5. The summed E-state index contributed by atoms with van der Waals surface area (Å²) in [6.45, 7) is 0. The summed E-state index contributed by atoms with van der Waals surface area (Å²) >= 11 is 0. The van der Waals surface area contributed by atoms with E-state index in [1.54, 1.807) is 0 Å². The summed E-state index contributed by atoms with van der Waals surface area (Å²) in [6, 6.07) is 200. The molecule has 2 nitrogen and oxygen atoms in total. The van der Waals surface area contributed by atoms with E-state index < -0.39 is 38.1 Å². The Morgan fingerprint density at radius 1 is 0.108 bits per heavy atom. The molecule has 0 radical (unpaired) electrons. The van der Waals surface area contributed by atoms with Gasteiger partial charge in [-0.05, 0) is 249 Å². The van der Waals surface area contributed by atoms with E-state index in [1.165, 1.54) is 260 Å². The molecule has 0 saturated heterocycles. The number of hydrogen-bond acceptors (Lipinski definition) is 2. The highest BCUT2D eigenvalue weighted by molar-refractivity contribution is 6.69. The minimum Gasteiger partial charge on any atom is -0.265 e. The number of benzene rings is 26. The third-order valence-electron chi connectivity index (χ3n) is 29.6. The van der Waals surface area contributed by atoms with Gasteiger partial charge in [0.15, 0.2) is 0 Å². The molecule has 2 aromatic heterocycles. The van der Waals surface area contributed by atoms with Crippen LogP contribution in [0.15, 0.2) is 571 Å². The summed E-state index contributed by atoms with van der Waals surface area (Å²) in [5, 5.41) is 42.9. The normalized spacial score (nSPS) is 11.7. The summed E-state index contributed by atoms with van der Waals surface area (Å²) in [5.74, 6) is 0. The zero-order chi connectivity index (χ0) is 98.4. The van der Waals surface area contributed by atoms with Crippen LogP contribution < -0.4 is 41.5 Å². The number of hydrogen-bond donors (Lipinski definition) is 0. The van der Waals surface area contributed by atoms with Gasteiger partial charge in [0.1, 0.15) is 0 Å². The average Bonchev–Trinajstić information content (AvgIpc) is 0.724. The van der Waals surface area contributed by atoms with Gasteiger partial charge in [-0.2, -0.15) is 0 Å². The lowest BCUT2D eigenvalue weighted by Gasteiger charge is -2.20. The standard InChI is InChI=1S/C40H28Si.C36H26Si.C35H25NSi.C31H23NSi/c1-3-13-27(14-4-1)39-34-21-11-12-22-35(34)40(38-26-30(23-24-36(38)39)41-29-16-5-2-6-17-29)37-25-28-15-7-8-18-31(28)32-19-9-10-20-33(32)37;1-3-13-26(14-4-1)35-31-19-9-10-20-32(31)36(30-21-11-15-25-12-7-8-18-29(25)30)33-23-22-28(24-34(33)35)37-27-16-5-2-6-17-27;1-2-11-26(12-3-1)37-27-17-18-32-33(23-27)34(25-19-21-36-22-20-25)30-14-6-7-15-31(30)35(32)29-16-8-10-24-9-4-5-13-28(24)29;1-3-9-22(10-4-1)30-26-13-7-8-14-27(26)31(23-17-19-32-20-18-23)29-21-25(15-16-28(29)30)33-24-11-5-2-6-12-24/h1-26H,41H2;1-24H,37H2;1-23H,37H2;1-21H,33H2. The van der Waals surface area contributed by atoms with Gasteiger partial charge in [-0.3, -0.25) is 9.97 Å². The zero-order valence-electron chi connectivity index (χ0n) is 82.0. The number of nitrogens with zero attached hydrogens (tertiary/aromatic N) is 2. The second kappa shape index (κ2) is 41.4. The molecular formula is C142H102N2Si4. The molecule has 696 valence electrons. The van der Waals surface area contributed by atoms with Crippen LogP contribution in [0, 0.1) is 0 Å². The molecule has 6 heteroatoms. The van der Waals surface area contributed by atoms with Crippen molar-refractivity contribution in [3.05, 3.63) is 571 Å². The van der Waals surface area contributed by atoms with Gasteiger partial charge in [-0.15, -0.1) is 0 Å². The van der Waals surface area contributed by atoms with Crippen molar-refractivity contribution < 1.29 is 0 Å². The summed E-state index contributed by atoms with van der Waals surface area (Å²) in [4.78, 5) is 8.59. The molecule has 28 aromatic rings. The summed E-state index contributed by atoms with van der Waals surface area (Å²) in [7, 11) is -2.35. The fourth-order valence-electron chi connectivity index (χ4n) is 23.1. The van der Waals surface area contributed by atoms with E-state index in [4.69, 9.17) is 0 Å². The van der Waals surface area contributed by atoms with E-state index in [9.17, 15) is 0 Å². The first-order chi connectivity index (χ1) is 73.5. The van der Waals surface area contributed by atoms with Crippen LogP contribution in [0.4, 0.5) is 0 Å². The molecule has 0 bridgehead atoms. The predicted molar refractivity (Wildman–Crippen MR) is 652 cm³/mol. The second-order valence-electron chi connectivity index (χ2n) is 38.7. The zero-order valence-corrected chi connectivity index (χ0v) is 87.7. The Labute approximate surface area is 871 Å². The molecular weight excluding hydrogens is 1850 g/mol. The maximum Gasteiger partial charge on any atom is 0.0875 e. The molecule has 0 unspecified atom stereocenters. The first-order valence-electron chi connectivity index (χ1n) is 51.4. The average molecular weight is 1950 g/mol. The van der Waals surface area contributed by atoms with Crippen LogP contribution in [0.25, 0.3) is 218 Å². The molecule has 0 atom stereocenters. The largest absolute Gasteiger partial charge is 0.265 e. The maximum absolute atomic E-state index is 4.31. The molecule has 0 aliphatic rings. The van der Waals surface area contributed by atoms with Gasteiger partial charge in [-0.25, -0.2) is 0 Å². The Morgan fingerprint density at radius 3 is 0.635 bits per heavy atom. The number of pyridine rings is 2. The van der Waals surface area contributed by atoms with Crippen LogP contribution in [0.3, 0.4) is 0 Å². The molecule has 0 fully saturated rings. The quantitative estimate of drug-likeness (QED) is 0.0547. The van der Waals surface area contributed by atoms with Crippen LogP contribution in [-0.4, -0.2) is 48.0 Å². The molecule has 0 N–H and O–H groups in total. The van der Waals surface area contributed by atoms with E-state index in [1.807, 2.05) is 24.8 Å². The maximum atomic E-state index is 4.31. The molecule has 2 heterocycles. The van der Waals surface area contributed by atoms with Crippen molar-refractivity contribution in [2.75, 3.05) is 0 Å². The van der Waals surface area contributed by atoms with Crippen molar-refractivity contribution in [2.24, 2.45) is 0 Å². The number of rotatable bonds is 16. The van der Waals surface area contributed by atoms with Gasteiger partial charge < -0.3 is 0 Å². The number of aromatic nitrogens is 2. The minimum atomic E-state index is -0.619. The highest BCUT2D eigenvalue weighted by Crippen LogP contribution is 2.51. The molecule has 0 aliphatic carbocycles. The Morgan fingerprint density at radius 2 is 0.318 bits per heavy atom. The van der Waals surface area contributed by atoms with Crippen LogP contribution >= 0.6 is 0 Å². The van der Waals surface area contributed by atoms with Crippen LogP contribution in [-0.2, 0) is 0 Å². The van der Waals surface area contributed by atoms with E-state index in [0.29, 0.717) is 0 Å². The van der Waals surface area contributed by atoms with Gasteiger partial charge in [-0.1, -0.05) is 557 Å². The van der Waals surface area contributed by atoms with Crippen molar-refractivity contribution in [3.63, 3.8) is 0 Å². The monoisotopic (exact) mass is 1950 g/mol. The van der Waals surface area contributed by atoms with Crippen molar-refractivity contribution in [1.82, 2.24) is 9.97 Å². The Balaban J connectivity index is 0.000000103. The second-order valence-corrected chi connectivity index (χ2v) is 46.6. The predicted octanol–water partition coefficient (Wildman–Crippen LogP) is 29.2. The molecule has 0 aliphatic heterocycles. The summed E-state index contributed by atoms with van der Waals surface area (Å²) in [5.41, 5.74) is 20.6. The molecule has 0 spiro atoms. The summed E-state index contributed by atoms with van der Waals surface area (Å²) in [6.07, 6.45) is 7.58. The van der Waals surface area contributed by atoms with Crippen molar-refractivity contribution >= 4 is 209 Å². The lowest BCUT2D eigenvalue weighted by molar-refractivity contribution is 1.33. The Hall–Kier alpha value is -18.0. The topological polar surface area (TPSA) is 25.8 Å². The van der Waals surface area contributed by atoms with E-state index in [-0.39, 0.29) is 0 Å². The van der Waals surface area contributed by atoms with E-state index in [2.05, 4.69) is 556 Å². The first-order valence-corrected chi connectivity index (χ1v) is 57.0. The molecule has 148 heavy (non-hydrogen) atoms. The molecule has 0 amide bonds. The highest BCUT2D eigenvalue weighted by atomic mass is 28.2. The Bertz CT molecular complexity index is 9520. The fraction of sp³-hybridized carbons (Fsp3) is 0. The minimum absolute atomic E-state index is 0.557. The lowest BCUT2D eigenvalue weighted by Crippen LogP contribution is -2.26. The van der Waals surface area contributed by atoms with Crippen LogP contribution in [0.5, 0.6) is 0 Å². The highest BCUT2D eigenvalue weighted by Gasteiger charge is 2.26. The third kappa shape index (κ3) is 18.1. The summed E-state index contributed by atoms with van der Waals surface area (Å²) < 4.78 is 0. The lowest BCUT2D eigenvalue weighted by atomic mass is 9.84. The third-order valence-corrected chi connectivity index (χ3v) is 36.5. The van der Waals surface area contributed by atoms with Crippen molar-refractivity contribution in [3.8, 4) is 89.0 Å². The van der Waals surface area contributed by atoms with E-state index >= 15 is 0 Å². The van der Waals surface area contributed by atoms with Gasteiger partial charge in [0.2, 0.25) is 0 Å². The van der Waals surface area contributed by atoms with Crippen LogP contribution in [0.2, 0.25) is 0 Å². The van der Waals surface area contributed by atoms with Gasteiger partial charge in [0.05, 0.1) is 38.1 Å². The van der Waals surface area contributed by atoms with Crippen molar-refractivity contribution in [2.45, 2.75) is 0 Å². The van der Waals surface area contributed by atoms with E-state index in [0.717, 1.165) is 0 Å². The number of fused-ring (bicyclic) bond motifs is 13. The molecule has 26 aromatic carbocycles. The fourth-order valence-corrected chi connectivity index (χ4v) is 29.2. The SMILES string of the molecule is c1ccc([SiH2]c2ccc3c(-c4cccc5ccccc45)c4ccccc4c(-c4ccccc4)c3c2)cc1.c1ccc([SiH2]c2ccc3c(-c4cccc5ccccc45)c4ccccc4c(-c4ccncc4)c3c2)cc1.c1ccc([SiH2]c2ccc3c(-c4ccccc4)c4ccccc4c(-c4cc5ccccc5c5ccccc45)c3c2)cc1.c1ccc([SiH2]c2ccc3c(-c4ccccc4)c4ccccc4c(-c4ccncc4)c3c2)cc1. The van der Waals surface area contributed by atoms with Gasteiger partial charge >= 0.3 is 0 Å². The first kappa shape index (κ1) is 91.2. The van der Waals surface area contributed by atoms with Gasteiger partial charge in [0, 0.05) is 24.8 Å². The molecule has 0 saturated carbocycles. The van der Waals surface area contributed by atoms with Crippen molar-refractivity contribution in [1.29, 1.82) is 0 Å². The molecule has 28 rings (SSSR count). The van der Waals surface area contributed by atoms with Gasteiger partial charge in [0.25, 0.3) is 0 Å².